The van der Waals surface area contributed by atoms with Gasteiger partial charge >= 0.3 is 0 Å². The lowest BCUT2D eigenvalue weighted by molar-refractivity contribution is -1.16. The average molecular weight is 217 g/mol. The van der Waals surface area contributed by atoms with Gasteiger partial charge < -0.3 is 5.21 Å². The molecule has 0 amide bonds. The van der Waals surface area contributed by atoms with Gasteiger partial charge in [0.05, 0.1) is 0 Å². The second-order valence-corrected chi connectivity index (χ2v) is 3.08. The van der Waals surface area contributed by atoms with Crippen molar-refractivity contribution in [1.82, 2.24) is 0 Å². The van der Waals surface area contributed by atoms with Gasteiger partial charge in [0.25, 0.3) is 0 Å². The van der Waals surface area contributed by atoms with Crippen molar-refractivity contribution < 1.29 is 15.1 Å². The molecule has 0 saturated heterocycles. The zero-order valence-electron chi connectivity index (χ0n) is 8.50. The molecule has 0 atom stereocenters. The lowest BCUT2D eigenvalue weighted by atomic mass is 10.3. The SMILES string of the molecule is [O-][NH+](Oc1ccccc1)Oc1ccccc1. The number of quaternary nitrogens is 1. The first-order chi connectivity index (χ1) is 7.84. The molecule has 4 heteroatoms. The Morgan fingerprint density at radius 3 is 1.44 bits per heavy atom. The fourth-order valence-electron chi connectivity index (χ4n) is 1.19. The molecule has 0 spiro atoms. The Morgan fingerprint density at radius 1 is 0.688 bits per heavy atom. The highest BCUT2D eigenvalue weighted by atomic mass is 17.1. The Hall–Kier alpha value is -2.04. The first-order valence-electron chi connectivity index (χ1n) is 4.84. The third kappa shape index (κ3) is 2.98. The lowest BCUT2D eigenvalue weighted by Crippen LogP contribution is -3.11. The largest absolute Gasteiger partial charge is 0.547 e. The van der Waals surface area contributed by atoms with Crippen LogP contribution in [0.25, 0.3) is 0 Å². The first-order valence-corrected chi connectivity index (χ1v) is 4.84. The van der Waals surface area contributed by atoms with Crippen molar-refractivity contribution in [3.63, 3.8) is 0 Å². The van der Waals surface area contributed by atoms with Crippen LogP contribution in [-0.2, 0) is 0 Å². The summed E-state index contributed by atoms with van der Waals surface area (Å²) in [5.74, 6) is 0.923. The van der Waals surface area contributed by atoms with E-state index in [0.29, 0.717) is 11.5 Å². The summed E-state index contributed by atoms with van der Waals surface area (Å²) in [7, 11) is 0. The van der Waals surface area contributed by atoms with Crippen LogP contribution in [0.2, 0.25) is 0 Å². The first kappa shape index (κ1) is 10.5. The zero-order valence-corrected chi connectivity index (χ0v) is 8.50. The molecule has 82 valence electrons. The predicted molar refractivity (Wildman–Crippen MR) is 58.5 cm³/mol. The van der Waals surface area contributed by atoms with Crippen molar-refractivity contribution in [3.05, 3.63) is 65.9 Å². The number of nitrogens with one attached hydrogen (secondary N) is 1. The maximum absolute atomic E-state index is 11.3. The van der Waals surface area contributed by atoms with Gasteiger partial charge in [-0.2, -0.15) is 0 Å². The average Bonchev–Trinajstić information content (AvgIpc) is 2.31. The number of rotatable bonds is 4. The van der Waals surface area contributed by atoms with Gasteiger partial charge in [0, 0.05) is 5.39 Å². The Bertz CT molecular complexity index is 377. The minimum Gasteiger partial charge on any atom is -0.547 e. The van der Waals surface area contributed by atoms with Crippen molar-refractivity contribution in [2.75, 3.05) is 0 Å². The molecule has 1 N–H and O–H groups in total. The van der Waals surface area contributed by atoms with Gasteiger partial charge in [-0.15, -0.1) is 0 Å². The molecule has 0 aliphatic heterocycles. The van der Waals surface area contributed by atoms with Gasteiger partial charge in [-0.05, 0) is 24.3 Å². The summed E-state index contributed by atoms with van der Waals surface area (Å²) in [6.07, 6.45) is 0. The van der Waals surface area contributed by atoms with Crippen molar-refractivity contribution >= 4 is 0 Å². The minimum absolute atomic E-state index is 0.462. The van der Waals surface area contributed by atoms with E-state index < -0.39 is 5.39 Å². The minimum atomic E-state index is -0.739. The van der Waals surface area contributed by atoms with Crippen molar-refractivity contribution in [3.8, 4) is 11.5 Å². The number of hydrogen-bond acceptors (Lipinski definition) is 3. The lowest BCUT2D eigenvalue weighted by Gasteiger charge is -2.17. The third-order valence-electron chi connectivity index (χ3n) is 1.89. The summed E-state index contributed by atoms with van der Waals surface area (Å²) in [4.78, 5) is 9.91. The molecule has 0 unspecified atom stereocenters. The molecule has 0 aliphatic rings. The van der Waals surface area contributed by atoms with E-state index in [1.807, 2.05) is 12.1 Å². The van der Waals surface area contributed by atoms with Crippen molar-refractivity contribution in [2.45, 2.75) is 0 Å². The maximum Gasteiger partial charge on any atom is 0.196 e. The van der Waals surface area contributed by atoms with Gasteiger partial charge in [-0.25, -0.2) is 0 Å². The molecule has 0 heterocycles. The molecular weight excluding hydrogens is 206 g/mol. The van der Waals surface area contributed by atoms with Crippen LogP contribution < -0.4 is 15.1 Å². The Kier molecular flexibility index (Phi) is 3.38. The predicted octanol–water partition coefficient (Wildman–Crippen LogP) is 1.36. The highest BCUT2D eigenvalue weighted by Crippen LogP contribution is 2.07. The van der Waals surface area contributed by atoms with E-state index in [4.69, 9.17) is 9.68 Å². The summed E-state index contributed by atoms with van der Waals surface area (Å²) in [6, 6.07) is 17.6. The number of para-hydroxylation sites is 2. The van der Waals surface area contributed by atoms with E-state index in [0.717, 1.165) is 0 Å². The van der Waals surface area contributed by atoms with Gasteiger partial charge in [-0.3, -0.25) is 9.68 Å². The smallest absolute Gasteiger partial charge is 0.196 e. The Morgan fingerprint density at radius 2 is 1.06 bits per heavy atom. The molecule has 2 aromatic rings. The Balaban J connectivity index is 1.92. The molecule has 0 fully saturated rings. The van der Waals surface area contributed by atoms with Crippen LogP contribution in [0.3, 0.4) is 0 Å². The van der Waals surface area contributed by atoms with Crippen LogP contribution >= 0.6 is 0 Å². The standard InChI is InChI=1S/C12H11NO3/c14-13(15-11-7-3-1-4-8-11)16-12-9-5-2-6-10-12/h1-10,13H. The molecule has 0 saturated carbocycles. The molecule has 2 rings (SSSR count). The summed E-state index contributed by atoms with van der Waals surface area (Å²) in [6.45, 7) is 0. The van der Waals surface area contributed by atoms with E-state index in [1.54, 1.807) is 48.5 Å². The van der Waals surface area contributed by atoms with E-state index in [2.05, 4.69) is 0 Å². The van der Waals surface area contributed by atoms with Crippen LogP contribution in [0.15, 0.2) is 60.7 Å². The fraction of sp³-hybridized carbons (Fsp3) is 0. The topological polar surface area (TPSA) is 46.0 Å². The van der Waals surface area contributed by atoms with Gasteiger partial charge in [0.15, 0.2) is 11.5 Å². The molecule has 0 aromatic heterocycles. The Labute approximate surface area is 93.1 Å². The molecule has 0 radical (unpaired) electrons. The van der Waals surface area contributed by atoms with Crippen LogP contribution in [0.5, 0.6) is 11.5 Å². The van der Waals surface area contributed by atoms with Gasteiger partial charge in [0.2, 0.25) is 0 Å². The number of benzene rings is 2. The van der Waals surface area contributed by atoms with Crippen LogP contribution in [0.4, 0.5) is 0 Å². The molecule has 4 nitrogen and oxygen atoms in total. The molecule has 16 heavy (non-hydrogen) atoms. The summed E-state index contributed by atoms with van der Waals surface area (Å²) >= 11 is 0. The fourth-order valence-corrected chi connectivity index (χ4v) is 1.19. The van der Waals surface area contributed by atoms with E-state index >= 15 is 0 Å². The second kappa shape index (κ2) is 5.16. The van der Waals surface area contributed by atoms with Crippen molar-refractivity contribution in [2.24, 2.45) is 0 Å². The van der Waals surface area contributed by atoms with Crippen LogP contribution in [0, 0.1) is 5.21 Å². The van der Waals surface area contributed by atoms with Gasteiger partial charge in [-0.1, -0.05) is 36.4 Å². The molecular formula is C12H11NO3. The number of hydrogen-bond donors (Lipinski definition) is 1. The molecule has 0 bridgehead atoms. The van der Waals surface area contributed by atoms with E-state index in [-0.39, 0.29) is 0 Å². The summed E-state index contributed by atoms with van der Waals surface area (Å²) < 4.78 is 0. The van der Waals surface area contributed by atoms with Crippen LogP contribution in [-0.4, -0.2) is 0 Å². The van der Waals surface area contributed by atoms with Crippen LogP contribution in [0.1, 0.15) is 0 Å². The summed E-state index contributed by atoms with van der Waals surface area (Å²) in [5.41, 5.74) is 0. The van der Waals surface area contributed by atoms with E-state index in [1.165, 1.54) is 0 Å². The monoisotopic (exact) mass is 217 g/mol. The highest BCUT2D eigenvalue weighted by Gasteiger charge is 2.02. The zero-order chi connectivity index (χ0) is 11.2. The highest BCUT2D eigenvalue weighted by molar-refractivity contribution is 5.21. The molecule has 2 aromatic carbocycles. The van der Waals surface area contributed by atoms with E-state index in [9.17, 15) is 5.21 Å². The van der Waals surface area contributed by atoms with Crippen molar-refractivity contribution in [1.29, 1.82) is 0 Å². The maximum atomic E-state index is 11.3. The molecule has 0 aliphatic carbocycles. The quantitative estimate of drug-likeness (QED) is 0.786. The second-order valence-electron chi connectivity index (χ2n) is 3.08. The summed E-state index contributed by atoms with van der Waals surface area (Å²) in [5, 5.41) is 10.6. The van der Waals surface area contributed by atoms with Gasteiger partial charge in [0.1, 0.15) is 0 Å². The normalized spacial score (nSPS) is 10.1. The third-order valence-corrected chi connectivity index (χ3v) is 1.89.